The lowest BCUT2D eigenvalue weighted by Crippen LogP contribution is -2.24. The number of hydrogen-bond acceptors (Lipinski definition) is 7. The second-order valence-corrected chi connectivity index (χ2v) is 4.80. The summed E-state index contributed by atoms with van der Waals surface area (Å²) in [5, 5.41) is 14.0. The number of carbonyl (C=O) groups is 1. The lowest BCUT2D eigenvalue weighted by Gasteiger charge is -2.02. The van der Waals surface area contributed by atoms with Gasteiger partial charge in [0.1, 0.15) is 17.0 Å². The minimum atomic E-state index is -0.262. The highest BCUT2D eigenvalue weighted by molar-refractivity contribution is 7.18. The van der Waals surface area contributed by atoms with E-state index in [4.69, 9.17) is 5.73 Å². The minimum Gasteiger partial charge on any atom is -0.382 e. The van der Waals surface area contributed by atoms with E-state index in [9.17, 15) is 4.79 Å². The van der Waals surface area contributed by atoms with Crippen molar-refractivity contribution in [1.29, 1.82) is 0 Å². The third-order valence-corrected chi connectivity index (χ3v) is 3.43. The fourth-order valence-corrected chi connectivity index (χ4v) is 2.30. The van der Waals surface area contributed by atoms with Gasteiger partial charge < -0.3 is 20.9 Å². The summed E-state index contributed by atoms with van der Waals surface area (Å²) < 4.78 is 1.74. The van der Waals surface area contributed by atoms with Crippen LogP contribution in [0.15, 0.2) is 6.33 Å². The third kappa shape index (κ3) is 2.99. The van der Waals surface area contributed by atoms with Gasteiger partial charge in [-0.15, -0.1) is 10.2 Å². The molecule has 2 aromatic rings. The number of hydrogen-bond donors (Lipinski definition) is 3. The summed E-state index contributed by atoms with van der Waals surface area (Å²) in [5.74, 6) is 0.641. The monoisotopic (exact) mass is 281 g/mol. The van der Waals surface area contributed by atoms with Crippen LogP contribution in [0.3, 0.4) is 0 Å². The van der Waals surface area contributed by atoms with E-state index in [-0.39, 0.29) is 11.7 Å². The lowest BCUT2D eigenvalue weighted by atomic mass is 10.4. The predicted molar refractivity (Wildman–Crippen MR) is 72.9 cm³/mol. The van der Waals surface area contributed by atoms with Crippen LogP contribution in [0.25, 0.3) is 0 Å². The maximum Gasteiger partial charge on any atom is 0.265 e. The van der Waals surface area contributed by atoms with E-state index in [1.54, 1.807) is 10.9 Å². The van der Waals surface area contributed by atoms with Crippen LogP contribution in [-0.2, 0) is 13.6 Å². The Labute approximate surface area is 114 Å². The van der Waals surface area contributed by atoms with E-state index >= 15 is 0 Å². The first-order valence-electron chi connectivity index (χ1n) is 5.73. The molecule has 9 heteroatoms. The van der Waals surface area contributed by atoms with Crippen molar-refractivity contribution in [3.63, 3.8) is 0 Å². The molecule has 0 aromatic carbocycles. The van der Waals surface area contributed by atoms with E-state index in [1.807, 2.05) is 14.0 Å². The highest BCUT2D eigenvalue weighted by Gasteiger charge is 2.16. The standard InChI is InChI=1S/C10H15N7OS/c1-3-12-10-15-8(11)7(19-10)9(18)13-4-6-16-14-5-17(6)2/h5H,3-4,11H2,1-2H3,(H,12,15)(H,13,18). The van der Waals surface area contributed by atoms with Crippen molar-refractivity contribution in [3.05, 3.63) is 17.0 Å². The molecule has 0 fully saturated rings. The second kappa shape index (κ2) is 5.65. The fraction of sp³-hybridized carbons (Fsp3) is 0.400. The number of nitrogens with two attached hydrogens (primary N) is 1. The topological polar surface area (TPSA) is 111 Å². The van der Waals surface area contributed by atoms with Crippen LogP contribution in [0.2, 0.25) is 0 Å². The molecule has 2 heterocycles. The quantitative estimate of drug-likeness (QED) is 0.723. The number of nitrogens with zero attached hydrogens (tertiary/aromatic N) is 4. The molecule has 0 unspecified atom stereocenters. The van der Waals surface area contributed by atoms with Gasteiger partial charge in [0.15, 0.2) is 11.0 Å². The zero-order valence-corrected chi connectivity index (χ0v) is 11.5. The fourth-order valence-electron chi connectivity index (χ4n) is 1.43. The van der Waals surface area contributed by atoms with Crippen LogP contribution < -0.4 is 16.4 Å². The maximum atomic E-state index is 12.0. The second-order valence-electron chi connectivity index (χ2n) is 3.80. The molecule has 0 spiro atoms. The Morgan fingerprint density at radius 1 is 1.58 bits per heavy atom. The Balaban J connectivity index is 2.02. The third-order valence-electron chi connectivity index (χ3n) is 2.40. The molecule has 0 atom stereocenters. The number of aromatic nitrogens is 4. The van der Waals surface area contributed by atoms with Crippen LogP contribution in [0.4, 0.5) is 10.9 Å². The Hall–Kier alpha value is -2.16. The first-order valence-corrected chi connectivity index (χ1v) is 6.54. The first-order chi connectivity index (χ1) is 9.11. The smallest absolute Gasteiger partial charge is 0.265 e. The van der Waals surface area contributed by atoms with Crippen LogP contribution in [0.5, 0.6) is 0 Å². The van der Waals surface area contributed by atoms with Crippen molar-refractivity contribution in [2.75, 3.05) is 17.6 Å². The van der Waals surface area contributed by atoms with E-state index in [0.717, 1.165) is 6.54 Å². The molecule has 0 radical (unpaired) electrons. The zero-order chi connectivity index (χ0) is 13.8. The molecule has 0 bridgehead atoms. The Morgan fingerprint density at radius 3 is 3.00 bits per heavy atom. The summed E-state index contributed by atoms with van der Waals surface area (Å²) in [6, 6.07) is 0. The number of nitrogens with one attached hydrogen (secondary N) is 2. The number of thiazole rings is 1. The highest BCUT2D eigenvalue weighted by atomic mass is 32.1. The number of rotatable bonds is 5. The number of nitrogen functional groups attached to an aromatic ring is 1. The summed E-state index contributed by atoms with van der Waals surface area (Å²) in [6.45, 7) is 2.97. The van der Waals surface area contributed by atoms with Crippen molar-refractivity contribution < 1.29 is 4.79 Å². The van der Waals surface area contributed by atoms with Crippen LogP contribution in [0, 0.1) is 0 Å². The maximum absolute atomic E-state index is 12.0. The Kier molecular flexibility index (Phi) is 3.95. The van der Waals surface area contributed by atoms with E-state index < -0.39 is 0 Å². The number of anilines is 2. The summed E-state index contributed by atoms with van der Waals surface area (Å²) in [6.07, 6.45) is 1.58. The van der Waals surface area contributed by atoms with E-state index in [2.05, 4.69) is 25.8 Å². The summed E-state index contributed by atoms with van der Waals surface area (Å²) in [5.41, 5.74) is 5.72. The highest BCUT2D eigenvalue weighted by Crippen LogP contribution is 2.24. The first kappa shape index (κ1) is 13.3. The predicted octanol–water partition coefficient (Wildman–Crippen LogP) is 0.216. The average molecular weight is 281 g/mol. The van der Waals surface area contributed by atoms with Crippen molar-refractivity contribution in [2.45, 2.75) is 13.5 Å². The van der Waals surface area contributed by atoms with Gasteiger partial charge in [-0.3, -0.25) is 4.79 Å². The Bertz CT molecular complexity index is 576. The summed E-state index contributed by atoms with van der Waals surface area (Å²) in [4.78, 5) is 16.5. The molecule has 0 aliphatic heterocycles. The molecule has 1 amide bonds. The molecule has 0 saturated heterocycles. The summed E-state index contributed by atoms with van der Waals surface area (Å²) >= 11 is 1.23. The molecule has 0 saturated carbocycles. The van der Waals surface area contributed by atoms with Gasteiger partial charge in [0, 0.05) is 13.6 Å². The molecule has 2 rings (SSSR count). The van der Waals surface area contributed by atoms with Gasteiger partial charge in [-0.2, -0.15) is 0 Å². The van der Waals surface area contributed by atoms with E-state index in [0.29, 0.717) is 22.4 Å². The van der Waals surface area contributed by atoms with Crippen LogP contribution >= 0.6 is 11.3 Å². The normalized spacial score (nSPS) is 10.4. The molecule has 2 aromatic heterocycles. The zero-order valence-electron chi connectivity index (χ0n) is 10.7. The van der Waals surface area contributed by atoms with Crippen molar-refractivity contribution in [1.82, 2.24) is 25.1 Å². The van der Waals surface area contributed by atoms with Gasteiger partial charge in [-0.25, -0.2) is 4.98 Å². The molecular weight excluding hydrogens is 266 g/mol. The Morgan fingerprint density at radius 2 is 2.37 bits per heavy atom. The molecule has 8 nitrogen and oxygen atoms in total. The van der Waals surface area contributed by atoms with Gasteiger partial charge in [0.25, 0.3) is 5.91 Å². The summed E-state index contributed by atoms with van der Waals surface area (Å²) in [7, 11) is 1.81. The van der Waals surface area contributed by atoms with Gasteiger partial charge in [0.05, 0.1) is 6.54 Å². The van der Waals surface area contributed by atoms with Crippen LogP contribution in [-0.4, -0.2) is 32.2 Å². The SMILES string of the molecule is CCNc1nc(N)c(C(=O)NCc2nncn2C)s1. The van der Waals surface area contributed by atoms with Gasteiger partial charge in [-0.05, 0) is 6.92 Å². The largest absolute Gasteiger partial charge is 0.382 e. The van der Waals surface area contributed by atoms with Crippen molar-refractivity contribution >= 4 is 28.2 Å². The van der Waals surface area contributed by atoms with Crippen molar-refractivity contribution in [2.24, 2.45) is 7.05 Å². The molecule has 0 aliphatic rings. The van der Waals surface area contributed by atoms with Gasteiger partial charge in [0.2, 0.25) is 0 Å². The van der Waals surface area contributed by atoms with Crippen LogP contribution in [0.1, 0.15) is 22.4 Å². The molecule has 102 valence electrons. The van der Waals surface area contributed by atoms with E-state index in [1.165, 1.54) is 11.3 Å². The average Bonchev–Trinajstić information content (AvgIpc) is 2.93. The molecule has 19 heavy (non-hydrogen) atoms. The number of aryl methyl sites for hydroxylation is 1. The molecular formula is C10H15N7OS. The molecule has 0 aliphatic carbocycles. The van der Waals surface area contributed by atoms with Crippen molar-refractivity contribution in [3.8, 4) is 0 Å². The van der Waals surface area contributed by atoms with Gasteiger partial charge >= 0.3 is 0 Å². The minimum absolute atomic E-state index is 0.233. The molecule has 4 N–H and O–H groups in total. The lowest BCUT2D eigenvalue weighted by molar-refractivity contribution is 0.0954. The number of amides is 1. The van der Waals surface area contributed by atoms with Gasteiger partial charge in [-0.1, -0.05) is 11.3 Å². The number of carbonyl (C=O) groups excluding carboxylic acids is 1.